The standard InChI is InChI=1S/C54H88O24/c1-22-31(60)35(64)38(67)44(71-22)76-42-41(75-45-39(68)36(65)32(61)26(18-55)72-45)34(63)28(20-57)74-47(42)78-48(70)54-14-12-49(2,3)16-24(54)23-8-9-30-50(4)17-25(59)43(77-46-40(69)37(66)33(62)27(19-56)73-46)51(5,21-58)29(50)10-11-53(30,7)52(23,6)13-15-54/h8,22,24-47,55-69H,9-21H2,1-7H3/t22-,24-,25-,26+,27+,28+,29+,30+,31-,32+,33+,34+,35+,36-,37-,38+,39+,40+,41-,42+,43-,44-,45-,46-,47-,50-,51-,52+,53+,54-/m0/s1. The fourth-order valence-corrected chi connectivity index (χ4v) is 16.6. The van der Waals surface area contributed by atoms with E-state index in [1.165, 1.54) is 6.92 Å². The average Bonchev–Trinajstić information content (AvgIpc) is 3.27. The van der Waals surface area contributed by atoms with Crippen molar-refractivity contribution in [3.05, 3.63) is 11.6 Å². The maximum Gasteiger partial charge on any atom is 0.315 e. The number of hydrogen-bond donors (Lipinski definition) is 15. The van der Waals surface area contributed by atoms with Crippen LogP contribution in [0, 0.1) is 50.2 Å². The molecule has 78 heavy (non-hydrogen) atoms. The van der Waals surface area contributed by atoms with Gasteiger partial charge in [-0.1, -0.05) is 53.2 Å². The van der Waals surface area contributed by atoms with Crippen LogP contribution < -0.4 is 0 Å². The fourth-order valence-electron chi connectivity index (χ4n) is 16.6. The van der Waals surface area contributed by atoms with Gasteiger partial charge in [-0.25, -0.2) is 0 Å². The number of rotatable bonds is 12. The zero-order valence-corrected chi connectivity index (χ0v) is 45.6. The van der Waals surface area contributed by atoms with Gasteiger partial charge in [0.1, 0.15) is 85.5 Å². The van der Waals surface area contributed by atoms with E-state index in [-0.39, 0.29) is 23.7 Å². The first kappa shape index (κ1) is 60.9. The van der Waals surface area contributed by atoms with E-state index in [9.17, 15) is 76.6 Å². The molecule has 0 bridgehead atoms. The number of allylic oxidation sites excluding steroid dienone is 2. The molecule has 448 valence electrons. The van der Waals surface area contributed by atoms with Crippen molar-refractivity contribution < 1.29 is 119 Å². The van der Waals surface area contributed by atoms with Gasteiger partial charge in [-0.2, -0.15) is 0 Å². The summed E-state index contributed by atoms with van der Waals surface area (Å²) in [4.78, 5) is 15.7. The van der Waals surface area contributed by atoms with E-state index in [2.05, 4.69) is 40.7 Å². The Morgan fingerprint density at radius 2 is 1.08 bits per heavy atom. The highest BCUT2D eigenvalue weighted by Gasteiger charge is 2.72. The molecule has 0 aromatic heterocycles. The van der Waals surface area contributed by atoms with Gasteiger partial charge in [0.25, 0.3) is 0 Å². The van der Waals surface area contributed by atoms with Crippen LogP contribution in [0.4, 0.5) is 0 Å². The van der Waals surface area contributed by atoms with E-state index in [1.807, 2.05) is 6.92 Å². The van der Waals surface area contributed by atoms with Crippen molar-refractivity contribution in [2.75, 3.05) is 26.4 Å². The Bertz CT molecular complexity index is 2150. The number of aliphatic hydroxyl groups is 15. The second-order valence-electron chi connectivity index (χ2n) is 26.3. The van der Waals surface area contributed by atoms with Crippen molar-refractivity contribution in [1.29, 1.82) is 0 Å². The van der Waals surface area contributed by atoms with E-state index in [4.69, 9.17) is 37.9 Å². The molecule has 4 aliphatic heterocycles. The van der Waals surface area contributed by atoms with Crippen molar-refractivity contribution in [3.63, 3.8) is 0 Å². The van der Waals surface area contributed by atoms with Crippen LogP contribution >= 0.6 is 0 Å². The molecule has 5 aliphatic carbocycles. The number of hydrogen-bond acceptors (Lipinski definition) is 24. The van der Waals surface area contributed by atoms with E-state index >= 15 is 4.79 Å². The SMILES string of the molecule is C[C@@H]1O[C@@H](O[C@H]2[C@H](OC(=O)[C@]34CCC(C)(C)C[C@H]3C3=CC[C@@H]5[C@@]6(C)C[C@H](O)[C@H](O[C@@H]7O[C@H](CO)[C@@H](O)[C@H](O)[C@H]7O)[C@@](C)(CO)[C@@H]6CC[C@@]5(C)[C@]3(C)CC4)O[C@H](CO)[C@@H](O)[C@@H]2O[C@@H]2O[C@H](CO)[C@@H](O)[C@H](O)[C@H]2O)[C@H](O)[C@H](O)[C@H]1O. The first-order chi connectivity index (χ1) is 36.5. The van der Waals surface area contributed by atoms with Gasteiger partial charge in [-0.05, 0) is 104 Å². The number of esters is 1. The van der Waals surface area contributed by atoms with Crippen molar-refractivity contribution >= 4 is 5.97 Å². The quantitative estimate of drug-likeness (QED) is 0.0524. The van der Waals surface area contributed by atoms with Crippen molar-refractivity contribution in [1.82, 2.24) is 0 Å². The molecule has 24 heteroatoms. The first-order valence-corrected chi connectivity index (χ1v) is 27.9. The molecule has 30 atom stereocenters. The summed E-state index contributed by atoms with van der Waals surface area (Å²) in [7, 11) is 0. The summed E-state index contributed by atoms with van der Waals surface area (Å²) in [6.45, 7) is 11.5. The van der Waals surface area contributed by atoms with Gasteiger partial charge in [0, 0.05) is 5.41 Å². The van der Waals surface area contributed by atoms with Gasteiger partial charge in [-0.15, -0.1) is 0 Å². The van der Waals surface area contributed by atoms with Crippen LogP contribution in [0.5, 0.6) is 0 Å². The highest BCUT2D eigenvalue weighted by Crippen LogP contribution is 2.76. The molecule has 4 saturated heterocycles. The monoisotopic (exact) mass is 1120 g/mol. The lowest BCUT2D eigenvalue weighted by atomic mass is 9.33. The summed E-state index contributed by atoms with van der Waals surface area (Å²) in [5, 5.41) is 163. The third-order valence-electron chi connectivity index (χ3n) is 21.5. The molecule has 8 fully saturated rings. The van der Waals surface area contributed by atoms with Gasteiger partial charge < -0.3 is 114 Å². The van der Waals surface area contributed by atoms with Crippen LogP contribution in [0.1, 0.15) is 106 Å². The average molecular weight is 1120 g/mol. The van der Waals surface area contributed by atoms with E-state index in [0.717, 1.165) is 5.57 Å². The molecule has 0 aromatic rings. The number of carbonyl (C=O) groups is 1. The van der Waals surface area contributed by atoms with Crippen LogP contribution in [-0.4, -0.2) is 244 Å². The molecule has 0 unspecified atom stereocenters. The van der Waals surface area contributed by atoms with Gasteiger partial charge in [0.2, 0.25) is 6.29 Å². The summed E-state index contributed by atoms with van der Waals surface area (Å²) in [6, 6.07) is 0. The second-order valence-corrected chi connectivity index (χ2v) is 26.3. The lowest BCUT2D eigenvalue weighted by Crippen LogP contribution is -2.69. The summed E-state index contributed by atoms with van der Waals surface area (Å²) < 4.78 is 48.5. The summed E-state index contributed by atoms with van der Waals surface area (Å²) >= 11 is 0. The number of carbonyl (C=O) groups excluding carboxylic acids is 1. The topological polar surface area (TPSA) is 394 Å². The molecule has 24 nitrogen and oxygen atoms in total. The second kappa shape index (κ2) is 22.1. The Balaban J connectivity index is 1.03. The highest BCUT2D eigenvalue weighted by molar-refractivity contribution is 5.79. The molecule has 0 amide bonds. The third kappa shape index (κ3) is 9.67. The molecule has 0 radical (unpaired) electrons. The van der Waals surface area contributed by atoms with Gasteiger partial charge in [0.05, 0.1) is 50.2 Å². The van der Waals surface area contributed by atoms with Crippen LogP contribution in [-0.2, 0) is 42.7 Å². The van der Waals surface area contributed by atoms with Crippen LogP contribution in [0.25, 0.3) is 0 Å². The number of aliphatic hydroxyl groups excluding tert-OH is 15. The highest BCUT2D eigenvalue weighted by atomic mass is 16.8. The molecule has 9 aliphatic rings. The summed E-state index contributed by atoms with van der Waals surface area (Å²) in [5.41, 5.74) is -2.98. The minimum Gasteiger partial charge on any atom is -0.432 e. The first-order valence-electron chi connectivity index (χ1n) is 27.9. The van der Waals surface area contributed by atoms with Gasteiger partial charge in [0.15, 0.2) is 25.0 Å². The molecule has 0 aromatic carbocycles. The Hall–Kier alpha value is -1.67. The lowest BCUT2D eigenvalue weighted by Gasteiger charge is -2.72. The maximum absolute atomic E-state index is 15.7. The van der Waals surface area contributed by atoms with Crippen LogP contribution in [0.2, 0.25) is 0 Å². The minimum absolute atomic E-state index is 0.0574. The van der Waals surface area contributed by atoms with E-state index in [0.29, 0.717) is 51.4 Å². The zero-order valence-electron chi connectivity index (χ0n) is 45.6. The lowest BCUT2D eigenvalue weighted by molar-refractivity contribution is -0.387. The van der Waals surface area contributed by atoms with Gasteiger partial charge in [-0.3, -0.25) is 4.79 Å². The maximum atomic E-state index is 15.7. The predicted octanol–water partition coefficient (Wildman–Crippen LogP) is -3.06. The summed E-state index contributed by atoms with van der Waals surface area (Å²) in [6.07, 6.45) is -29.4. The minimum atomic E-state index is -1.98. The molecular weight excluding hydrogens is 1030 g/mol. The molecule has 4 heterocycles. The largest absolute Gasteiger partial charge is 0.432 e. The molecule has 4 saturated carbocycles. The van der Waals surface area contributed by atoms with Crippen LogP contribution in [0.15, 0.2) is 11.6 Å². The Morgan fingerprint density at radius 1 is 0.564 bits per heavy atom. The zero-order chi connectivity index (χ0) is 57.1. The molecule has 0 spiro atoms. The van der Waals surface area contributed by atoms with Crippen LogP contribution in [0.3, 0.4) is 0 Å². The predicted molar refractivity (Wildman–Crippen MR) is 264 cm³/mol. The fraction of sp³-hybridized carbons (Fsp3) is 0.944. The molecular formula is C54H88O24. The normalized spacial score (nSPS) is 55.1. The molecule has 9 rings (SSSR count). The van der Waals surface area contributed by atoms with Crippen molar-refractivity contribution in [3.8, 4) is 0 Å². The van der Waals surface area contributed by atoms with Crippen molar-refractivity contribution in [2.45, 2.75) is 241 Å². The Kier molecular flexibility index (Phi) is 17.2. The van der Waals surface area contributed by atoms with E-state index in [1.54, 1.807) is 0 Å². The smallest absolute Gasteiger partial charge is 0.315 e. The third-order valence-corrected chi connectivity index (χ3v) is 21.5. The van der Waals surface area contributed by atoms with Crippen molar-refractivity contribution in [2.24, 2.45) is 50.2 Å². The summed E-state index contributed by atoms with van der Waals surface area (Å²) in [5.74, 6) is -1.37. The Labute approximate surface area is 453 Å². The molecule has 15 N–H and O–H groups in total. The number of fused-ring (bicyclic) bond motifs is 7. The van der Waals surface area contributed by atoms with E-state index < -0.39 is 200 Å². The Morgan fingerprint density at radius 3 is 1.65 bits per heavy atom. The van der Waals surface area contributed by atoms with Gasteiger partial charge >= 0.3 is 5.97 Å². The number of ether oxygens (including phenoxy) is 8.